The smallest absolute Gasteiger partial charge is 0.315 e. The lowest BCUT2D eigenvalue weighted by Gasteiger charge is -2.21. The fourth-order valence-corrected chi connectivity index (χ4v) is 2.08. The van der Waals surface area contributed by atoms with Gasteiger partial charge in [0.2, 0.25) is 0 Å². The molecule has 0 saturated heterocycles. The van der Waals surface area contributed by atoms with Crippen molar-refractivity contribution in [1.82, 2.24) is 5.32 Å². The Balaban J connectivity index is 2.83. The summed E-state index contributed by atoms with van der Waals surface area (Å²) in [6, 6.07) is 5.16. The first-order valence-corrected chi connectivity index (χ1v) is 7.19. The van der Waals surface area contributed by atoms with Crippen LogP contribution >= 0.6 is 0 Å². The third-order valence-electron chi connectivity index (χ3n) is 3.20. The number of esters is 1. The zero-order valence-electron chi connectivity index (χ0n) is 13.4. The van der Waals surface area contributed by atoms with Crippen LogP contribution < -0.4 is 5.32 Å². The van der Waals surface area contributed by atoms with Gasteiger partial charge in [0.25, 0.3) is 11.6 Å². The molecule has 1 atom stereocenters. The molecule has 1 aromatic rings. The van der Waals surface area contributed by atoms with E-state index in [1.165, 1.54) is 24.3 Å². The highest BCUT2D eigenvalue weighted by Crippen LogP contribution is 2.20. The lowest BCUT2D eigenvalue weighted by atomic mass is 9.93. The van der Waals surface area contributed by atoms with E-state index in [1.54, 1.807) is 6.92 Å². The zero-order chi connectivity index (χ0) is 17.6. The van der Waals surface area contributed by atoms with Gasteiger partial charge < -0.3 is 10.1 Å². The van der Waals surface area contributed by atoms with Crippen molar-refractivity contribution in [2.24, 2.45) is 11.8 Å². The van der Waals surface area contributed by atoms with E-state index in [-0.39, 0.29) is 29.5 Å². The van der Waals surface area contributed by atoms with E-state index in [0.29, 0.717) is 0 Å². The zero-order valence-corrected chi connectivity index (χ0v) is 13.4. The number of nitro benzene ring substituents is 1. The molecule has 23 heavy (non-hydrogen) atoms. The lowest BCUT2D eigenvalue weighted by Crippen LogP contribution is -2.34. The average Bonchev–Trinajstić information content (AvgIpc) is 2.47. The Kier molecular flexibility index (Phi) is 6.44. The van der Waals surface area contributed by atoms with Crippen molar-refractivity contribution < 1.29 is 19.2 Å². The Morgan fingerprint density at radius 2 is 1.87 bits per heavy atom. The average molecular weight is 320 g/mol. The maximum Gasteiger partial charge on any atom is 0.315 e. The Hall–Kier alpha value is -2.70. The van der Waals surface area contributed by atoms with E-state index in [4.69, 9.17) is 4.74 Å². The van der Waals surface area contributed by atoms with Gasteiger partial charge >= 0.3 is 5.97 Å². The summed E-state index contributed by atoms with van der Waals surface area (Å²) in [5, 5.41) is 13.2. The quantitative estimate of drug-likeness (QED) is 0.473. The Morgan fingerprint density at radius 1 is 1.30 bits per heavy atom. The van der Waals surface area contributed by atoms with Crippen LogP contribution in [0.15, 0.2) is 36.5 Å². The Morgan fingerprint density at radius 3 is 2.30 bits per heavy atom. The largest absolute Gasteiger partial charge is 0.465 e. The molecular weight excluding hydrogens is 300 g/mol. The van der Waals surface area contributed by atoms with Gasteiger partial charge in [0.15, 0.2) is 0 Å². The van der Waals surface area contributed by atoms with Crippen molar-refractivity contribution in [3.8, 4) is 0 Å². The number of ether oxygens (including phenoxy) is 1. The molecule has 0 aliphatic rings. The summed E-state index contributed by atoms with van der Waals surface area (Å²) in [6.07, 6.45) is 0. The van der Waals surface area contributed by atoms with Gasteiger partial charge in [0, 0.05) is 23.4 Å². The van der Waals surface area contributed by atoms with Gasteiger partial charge in [-0.15, -0.1) is 0 Å². The SMILES string of the molecule is C=C(NC(=O)c1ccc([N+](=O)[O-])cc1)C(C(=O)OCC)C(C)C. The normalized spacial score (nSPS) is 11.7. The molecule has 1 aromatic carbocycles. The molecule has 0 aromatic heterocycles. The van der Waals surface area contributed by atoms with E-state index in [9.17, 15) is 19.7 Å². The van der Waals surface area contributed by atoms with E-state index < -0.39 is 22.7 Å². The molecule has 124 valence electrons. The van der Waals surface area contributed by atoms with E-state index in [1.807, 2.05) is 13.8 Å². The number of hydrogen-bond donors (Lipinski definition) is 1. The second kappa shape index (κ2) is 8.07. The van der Waals surface area contributed by atoms with Gasteiger partial charge in [-0.1, -0.05) is 20.4 Å². The molecular formula is C16H20N2O5. The molecule has 1 amide bonds. The lowest BCUT2D eigenvalue weighted by molar-refractivity contribution is -0.384. The molecule has 0 heterocycles. The highest BCUT2D eigenvalue weighted by molar-refractivity contribution is 5.96. The molecule has 0 fully saturated rings. The Bertz CT molecular complexity index is 607. The molecule has 0 bridgehead atoms. The third-order valence-corrected chi connectivity index (χ3v) is 3.20. The van der Waals surface area contributed by atoms with Crippen LogP contribution in [0.25, 0.3) is 0 Å². The number of amides is 1. The van der Waals surface area contributed by atoms with Crippen molar-refractivity contribution in [2.75, 3.05) is 6.61 Å². The monoisotopic (exact) mass is 320 g/mol. The van der Waals surface area contributed by atoms with Crippen LogP contribution in [-0.4, -0.2) is 23.4 Å². The number of benzene rings is 1. The number of carbonyl (C=O) groups is 2. The predicted molar refractivity (Wildman–Crippen MR) is 84.7 cm³/mol. The summed E-state index contributed by atoms with van der Waals surface area (Å²) >= 11 is 0. The van der Waals surface area contributed by atoms with Crippen LogP contribution in [0.4, 0.5) is 5.69 Å². The van der Waals surface area contributed by atoms with Gasteiger partial charge in [0.05, 0.1) is 17.4 Å². The summed E-state index contributed by atoms with van der Waals surface area (Å²) in [7, 11) is 0. The van der Waals surface area contributed by atoms with Crippen LogP contribution in [0.1, 0.15) is 31.1 Å². The van der Waals surface area contributed by atoms with Crippen LogP contribution in [0.5, 0.6) is 0 Å². The van der Waals surface area contributed by atoms with Gasteiger partial charge in [-0.3, -0.25) is 19.7 Å². The van der Waals surface area contributed by atoms with Crippen LogP contribution in [0, 0.1) is 22.0 Å². The summed E-state index contributed by atoms with van der Waals surface area (Å²) < 4.78 is 4.99. The van der Waals surface area contributed by atoms with Crippen LogP contribution in [0.3, 0.4) is 0 Å². The molecule has 7 heteroatoms. The van der Waals surface area contributed by atoms with E-state index >= 15 is 0 Å². The van der Waals surface area contributed by atoms with E-state index in [2.05, 4.69) is 11.9 Å². The summed E-state index contributed by atoms with van der Waals surface area (Å²) in [5.74, 6) is -1.69. The molecule has 1 rings (SSSR count). The summed E-state index contributed by atoms with van der Waals surface area (Å²) in [4.78, 5) is 34.2. The second-order valence-corrected chi connectivity index (χ2v) is 5.26. The third kappa shape index (κ3) is 4.91. The molecule has 0 saturated carbocycles. The fraction of sp³-hybridized carbons (Fsp3) is 0.375. The molecule has 1 N–H and O–H groups in total. The minimum atomic E-state index is -0.656. The van der Waals surface area contributed by atoms with Gasteiger partial charge in [-0.25, -0.2) is 0 Å². The van der Waals surface area contributed by atoms with Crippen molar-refractivity contribution in [3.05, 3.63) is 52.2 Å². The molecule has 1 unspecified atom stereocenters. The minimum absolute atomic E-state index is 0.0984. The summed E-state index contributed by atoms with van der Waals surface area (Å²) in [6.45, 7) is 9.34. The first kappa shape index (κ1) is 18.3. The highest BCUT2D eigenvalue weighted by Gasteiger charge is 2.27. The Labute approximate surface area is 134 Å². The number of non-ortho nitro benzene ring substituents is 1. The number of rotatable bonds is 7. The predicted octanol–water partition coefficient (Wildman–Crippen LogP) is 2.67. The standard InChI is InChI=1S/C16H20N2O5/c1-5-23-16(20)14(10(2)3)11(4)17-15(19)12-6-8-13(9-7-12)18(21)22/h6-10,14H,4-5H2,1-3H3,(H,17,19). The highest BCUT2D eigenvalue weighted by atomic mass is 16.6. The molecule has 0 aliphatic heterocycles. The first-order chi connectivity index (χ1) is 10.8. The maximum absolute atomic E-state index is 12.1. The number of carbonyl (C=O) groups excluding carboxylic acids is 2. The maximum atomic E-state index is 12.1. The molecule has 0 radical (unpaired) electrons. The van der Waals surface area contributed by atoms with Crippen molar-refractivity contribution in [2.45, 2.75) is 20.8 Å². The van der Waals surface area contributed by atoms with Crippen molar-refractivity contribution in [3.63, 3.8) is 0 Å². The van der Waals surface area contributed by atoms with Gasteiger partial charge in [0.1, 0.15) is 0 Å². The number of nitrogens with one attached hydrogen (secondary N) is 1. The summed E-state index contributed by atoms with van der Waals surface area (Å²) in [5.41, 5.74) is 0.372. The van der Waals surface area contributed by atoms with Crippen molar-refractivity contribution >= 4 is 17.6 Å². The van der Waals surface area contributed by atoms with Crippen molar-refractivity contribution in [1.29, 1.82) is 0 Å². The minimum Gasteiger partial charge on any atom is -0.465 e. The van der Waals surface area contributed by atoms with Crippen LogP contribution in [0.2, 0.25) is 0 Å². The van der Waals surface area contributed by atoms with Crippen LogP contribution in [-0.2, 0) is 9.53 Å². The molecule has 7 nitrogen and oxygen atoms in total. The number of hydrogen-bond acceptors (Lipinski definition) is 5. The van der Waals surface area contributed by atoms with E-state index in [0.717, 1.165) is 0 Å². The second-order valence-electron chi connectivity index (χ2n) is 5.26. The molecule has 0 spiro atoms. The topological polar surface area (TPSA) is 98.5 Å². The van der Waals surface area contributed by atoms with Gasteiger partial charge in [-0.05, 0) is 25.0 Å². The fourth-order valence-electron chi connectivity index (χ4n) is 2.08. The first-order valence-electron chi connectivity index (χ1n) is 7.19. The number of nitrogens with zero attached hydrogens (tertiary/aromatic N) is 1. The molecule has 0 aliphatic carbocycles. The number of nitro groups is 1. The van der Waals surface area contributed by atoms with Gasteiger partial charge in [-0.2, -0.15) is 0 Å².